The Morgan fingerprint density at radius 3 is 2.57 bits per heavy atom. The molecule has 0 saturated heterocycles. The van der Waals surface area contributed by atoms with Crippen LogP contribution in [0.3, 0.4) is 0 Å². The van der Waals surface area contributed by atoms with Crippen LogP contribution >= 0.6 is 0 Å². The molecule has 0 saturated carbocycles. The zero-order chi connectivity index (χ0) is 5.54. The van der Waals surface area contributed by atoms with Crippen molar-refractivity contribution < 1.29 is 0 Å². The van der Waals surface area contributed by atoms with Crippen LogP contribution in [-0.2, 0) is 0 Å². The third kappa shape index (κ3) is 5.48. The quantitative estimate of drug-likeness (QED) is 0.470. The van der Waals surface area contributed by atoms with Crippen LogP contribution in [0.1, 0.15) is 12.8 Å². The molecule has 38 valence electrons. The first-order valence-corrected chi connectivity index (χ1v) is 2.39. The van der Waals surface area contributed by atoms with Gasteiger partial charge in [-0.2, -0.15) is 0 Å². The summed E-state index contributed by atoms with van der Waals surface area (Å²) < 4.78 is 0. The first-order chi connectivity index (χ1) is 3.41. The summed E-state index contributed by atoms with van der Waals surface area (Å²) in [4.78, 5) is 0. The zero-order valence-electron chi connectivity index (χ0n) is 4.43. The van der Waals surface area contributed by atoms with Crippen molar-refractivity contribution in [2.75, 3.05) is 0 Å². The molecule has 0 rings (SSSR count). The maximum Gasteiger partial charge on any atom is -0.0313 e. The monoisotopic (exact) mass is 94.1 g/mol. The molecule has 0 fully saturated rings. The molecular weight excluding hydrogens is 84.1 g/mol. The van der Waals surface area contributed by atoms with Crippen molar-refractivity contribution in [2.24, 2.45) is 0 Å². The molecule has 0 unspecified atom stereocenters. The second kappa shape index (κ2) is 5.48. The smallest absolute Gasteiger partial charge is 0.0313 e. The average Bonchev–Trinajstić information content (AvgIpc) is 1.69. The minimum atomic E-state index is 0.950. The highest BCUT2D eigenvalue weighted by Crippen LogP contribution is 1.88. The van der Waals surface area contributed by atoms with Crippen molar-refractivity contribution in [3.05, 3.63) is 31.7 Å². The van der Waals surface area contributed by atoms with Gasteiger partial charge in [0.25, 0.3) is 0 Å². The van der Waals surface area contributed by atoms with Crippen molar-refractivity contribution in [1.29, 1.82) is 0 Å². The zero-order valence-corrected chi connectivity index (χ0v) is 4.43. The Hall–Kier alpha value is -0.520. The highest BCUT2D eigenvalue weighted by atomic mass is 13.7. The van der Waals surface area contributed by atoms with E-state index in [-0.39, 0.29) is 0 Å². The number of rotatable bonds is 3. The summed E-state index contributed by atoms with van der Waals surface area (Å²) in [6.07, 6.45) is 7.39. The fraction of sp³-hybridized carbons (Fsp3) is 0.286. The lowest BCUT2D eigenvalue weighted by Gasteiger charge is -1.78. The standard InChI is InChI=1S/C7H10/c1-3-5-7-6-4-2/h1,3-4,6H,2,5,7H2. The van der Waals surface area contributed by atoms with Gasteiger partial charge in [-0.1, -0.05) is 24.8 Å². The van der Waals surface area contributed by atoms with Crippen LogP contribution in [0.25, 0.3) is 0 Å². The summed E-state index contributed by atoms with van der Waals surface area (Å²) >= 11 is 0. The van der Waals surface area contributed by atoms with Gasteiger partial charge in [0.05, 0.1) is 0 Å². The number of hydrogen-bond acceptors (Lipinski definition) is 0. The Morgan fingerprint density at radius 1 is 1.43 bits per heavy atom. The summed E-state index contributed by atoms with van der Waals surface area (Å²) in [5.74, 6) is 0. The number of hydrogen-bond donors (Lipinski definition) is 0. The molecule has 0 aromatic rings. The molecule has 0 spiro atoms. The molecule has 0 heterocycles. The van der Waals surface area contributed by atoms with Gasteiger partial charge in [-0.25, -0.2) is 0 Å². The van der Waals surface area contributed by atoms with Crippen LogP contribution < -0.4 is 0 Å². The van der Waals surface area contributed by atoms with Crippen molar-refractivity contribution in [3.8, 4) is 0 Å². The predicted molar refractivity (Wildman–Crippen MR) is 32.6 cm³/mol. The maximum atomic E-state index is 5.09. The molecule has 2 radical (unpaired) electrons. The minimum absolute atomic E-state index is 0.950. The summed E-state index contributed by atoms with van der Waals surface area (Å²) in [6.45, 7) is 8.61. The molecule has 0 amide bonds. The van der Waals surface area contributed by atoms with Crippen LogP contribution in [-0.4, -0.2) is 0 Å². The largest absolute Gasteiger partial charge is 0.0882 e. The van der Waals surface area contributed by atoms with Gasteiger partial charge in [-0.05, 0) is 19.8 Å². The van der Waals surface area contributed by atoms with Crippen molar-refractivity contribution >= 4 is 0 Å². The van der Waals surface area contributed by atoms with E-state index in [0.717, 1.165) is 12.8 Å². The van der Waals surface area contributed by atoms with Crippen LogP contribution in [0.15, 0.2) is 18.2 Å². The van der Waals surface area contributed by atoms with Crippen LogP contribution in [0.2, 0.25) is 0 Å². The third-order valence-corrected chi connectivity index (χ3v) is 0.667. The normalized spacial score (nSPS) is 9.86. The van der Waals surface area contributed by atoms with Crippen molar-refractivity contribution in [3.63, 3.8) is 0 Å². The van der Waals surface area contributed by atoms with Gasteiger partial charge < -0.3 is 0 Å². The first kappa shape index (κ1) is 6.48. The van der Waals surface area contributed by atoms with Crippen LogP contribution in [0.5, 0.6) is 0 Å². The van der Waals surface area contributed by atoms with Gasteiger partial charge in [0, 0.05) is 0 Å². The van der Waals surface area contributed by atoms with Crippen LogP contribution in [0, 0.1) is 13.5 Å². The lowest BCUT2D eigenvalue weighted by Crippen LogP contribution is -1.59. The van der Waals surface area contributed by atoms with Gasteiger partial charge in [0.2, 0.25) is 0 Å². The molecular formula is C7H10. The maximum absolute atomic E-state index is 5.09. The molecule has 0 aliphatic heterocycles. The van der Waals surface area contributed by atoms with Gasteiger partial charge >= 0.3 is 0 Å². The van der Waals surface area contributed by atoms with Crippen molar-refractivity contribution in [2.45, 2.75) is 12.8 Å². The van der Waals surface area contributed by atoms with E-state index in [0.29, 0.717) is 0 Å². The molecule has 0 aromatic carbocycles. The lowest BCUT2D eigenvalue weighted by molar-refractivity contribution is 1.05. The predicted octanol–water partition coefficient (Wildman–Crippen LogP) is 2.15. The molecule has 0 bridgehead atoms. The third-order valence-electron chi connectivity index (χ3n) is 0.667. The van der Waals surface area contributed by atoms with Crippen molar-refractivity contribution in [1.82, 2.24) is 0 Å². The topological polar surface area (TPSA) is 0 Å². The fourth-order valence-corrected chi connectivity index (χ4v) is 0.310. The van der Waals surface area contributed by atoms with E-state index in [2.05, 4.69) is 6.92 Å². The highest BCUT2D eigenvalue weighted by Gasteiger charge is 1.68. The molecule has 7 heavy (non-hydrogen) atoms. The Bertz CT molecular complexity index is 60.4. The number of unbranched alkanes of at least 4 members (excludes halogenated alkanes) is 1. The molecule has 0 aromatic heterocycles. The van der Waals surface area contributed by atoms with E-state index in [1.807, 2.05) is 6.08 Å². The second-order valence-corrected chi connectivity index (χ2v) is 1.28. The first-order valence-electron chi connectivity index (χ1n) is 2.39. The highest BCUT2D eigenvalue weighted by molar-refractivity contribution is 4.85. The SMILES string of the molecule is [CH]=CCCC=C[CH2]. The fourth-order valence-electron chi connectivity index (χ4n) is 0.310. The van der Waals surface area contributed by atoms with Gasteiger partial charge in [-0.15, -0.1) is 0 Å². The number of allylic oxidation sites excluding steroid dienone is 3. The van der Waals surface area contributed by atoms with Gasteiger partial charge in [0.1, 0.15) is 0 Å². The Labute approximate surface area is 45.5 Å². The summed E-state index contributed by atoms with van der Waals surface area (Å²) in [6, 6.07) is 0. The van der Waals surface area contributed by atoms with E-state index in [1.165, 1.54) is 0 Å². The lowest BCUT2D eigenvalue weighted by atomic mass is 10.3. The summed E-state index contributed by atoms with van der Waals surface area (Å²) in [5.41, 5.74) is 0. The van der Waals surface area contributed by atoms with Gasteiger partial charge in [0.15, 0.2) is 0 Å². The second-order valence-electron chi connectivity index (χ2n) is 1.28. The van der Waals surface area contributed by atoms with Crippen LogP contribution in [0.4, 0.5) is 0 Å². The molecule has 0 nitrogen and oxygen atoms in total. The van der Waals surface area contributed by atoms with E-state index < -0.39 is 0 Å². The van der Waals surface area contributed by atoms with E-state index in [4.69, 9.17) is 6.58 Å². The molecule has 0 aliphatic rings. The molecule has 0 heteroatoms. The molecule has 0 atom stereocenters. The Morgan fingerprint density at radius 2 is 2.14 bits per heavy atom. The van der Waals surface area contributed by atoms with E-state index in [1.54, 1.807) is 12.2 Å². The molecule has 0 N–H and O–H groups in total. The minimum Gasteiger partial charge on any atom is -0.0882 e. The van der Waals surface area contributed by atoms with E-state index >= 15 is 0 Å². The average molecular weight is 94.2 g/mol. The molecule has 0 aliphatic carbocycles. The summed E-state index contributed by atoms with van der Waals surface area (Å²) in [5, 5.41) is 0. The Balaban J connectivity index is 2.82. The summed E-state index contributed by atoms with van der Waals surface area (Å²) in [7, 11) is 0. The van der Waals surface area contributed by atoms with E-state index in [9.17, 15) is 0 Å². The van der Waals surface area contributed by atoms with Gasteiger partial charge in [-0.3, -0.25) is 0 Å². The Kier molecular flexibility index (Phi) is 5.07.